The van der Waals surface area contributed by atoms with Crippen LogP contribution >= 0.6 is 0 Å². The number of hydrogen-bond donors (Lipinski definition) is 1. The zero-order valence-corrected chi connectivity index (χ0v) is 13.9. The van der Waals surface area contributed by atoms with Gasteiger partial charge in [0.25, 0.3) is 0 Å². The molecule has 1 saturated heterocycles. The van der Waals surface area contributed by atoms with E-state index in [4.69, 9.17) is 0 Å². The average Bonchev–Trinajstić information content (AvgIpc) is 2.84. The fraction of sp³-hybridized carbons (Fsp3) is 0.571. The van der Waals surface area contributed by atoms with Crippen LogP contribution in [0, 0.1) is 0 Å². The predicted molar refractivity (Wildman–Crippen MR) is 85.6 cm³/mol. The zero-order valence-electron chi connectivity index (χ0n) is 13.1. The molecular formula is C14H22N4O3S. The number of nitrogens with one attached hydrogen (secondary N) is 1. The maximum atomic E-state index is 12.1. The smallest absolute Gasteiger partial charge is 0.317 e. The molecule has 1 aromatic rings. The molecule has 0 aliphatic carbocycles. The number of hydrogen-bond acceptors (Lipinski definition) is 5. The van der Waals surface area contributed by atoms with E-state index >= 15 is 0 Å². The van der Waals surface area contributed by atoms with E-state index in [1.807, 2.05) is 31.1 Å². The first kappa shape index (κ1) is 16.5. The Bertz CT molecular complexity index is 645. The van der Waals surface area contributed by atoms with E-state index in [0.29, 0.717) is 13.0 Å². The molecule has 0 spiro atoms. The van der Waals surface area contributed by atoms with E-state index in [0.717, 1.165) is 11.4 Å². The minimum Gasteiger partial charge on any atom is -0.363 e. The Morgan fingerprint density at radius 1 is 1.41 bits per heavy atom. The quantitative estimate of drug-likeness (QED) is 0.870. The predicted octanol–water partition coefficient (Wildman–Crippen LogP) is 0.476. The summed E-state index contributed by atoms with van der Waals surface area (Å²) in [6, 6.07) is 3.25. The maximum Gasteiger partial charge on any atom is 0.317 e. The van der Waals surface area contributed by atoms with Gasteiger partial charge in [-0.15, -0.1) is 0 Å². The van der Waals surface area contributed by atoms with E-state index in [-0.39, 0.29) is 23.6 Å². The van der Waals surface area contributed by atoms with Crippen molar-refractivity contribution >= 4 is 21.7 Å². The summed E-state index contributed by atoms with van der Waals surface area (Å²) in [6.07, 6.45) is 2.20. The molecule has 7 nitrogen and oxygen atoms in total. The number of pyridine rings is 1. The van der Waals surface area contributed by atoms with Crippen molar-refractivity contribution in [2.75, 3.05) is 37.5 Å². The summed E-state index contributed by atoms with van der Waals surface area (Å²) in [4.78, 5) is 19.7. The molecule has 0 saturated carbocycles. The first-order valence-electron chi connectivity index (χ1n) is 7.12. The van der Waals surface area contributed by atoms with Crippen LogP contribution in [-0.2, 0) is 16.4 Å². The summed E-state index contributed by atoms with van der Waals surface area (Å²) in [5.74, 6) is 1.03. The highest BCUT2D eigenvalue weighted by atomic mass is 32.2. The van der Waals surface area contributed by atoms with Crippen molar-refractivity contribution in [3.05, 3.63) is 23.9 Å². The minimum absolute atomic E-state index is 0.0525. The van der Waals surface area contributed by atoms with Crippen molar-refractivity contribution in [3.63, 3.8) is 0 Å². The van der Waals surface area contributed by atoms with Crippen LogP contribution in [0.5, 0.6) is 0 Å². The summed E-state index contributed by atoms with van der Waals surface area (Å²) in [5.41, 5.74) is 0.944. The standard InChI is InChI=1S/C14H22N4O3S/c1-17(2)13-8-11(4-6-15-13)9-16-14(19)18(3)12-5-7-22(20,21)10-12/h4,6,8,12H,5,7,9-10H2,1-3H3,(H,16,19)/t12-/m1/s1. The van der Waals surface area contributed by atoms with Gasteiger partial charge in [0, 0.05) is 39.9 Å². The van der Waals surface area contributed by atoms with Crippen LogP contribution in [0.2, 0.25) is 0 Å². The molecule has 122 valence electrons. The normalized spacial score (nSPS) is 19.7. The van der Waals surface area contributed by atoms with E-state index in [2.05, 4.69) is 10.3 Å². The van der Waals surface area contributed by atoms with E-state index < -0.39 is 9.84 Å². The molecule has 1 aliphatic heterocycles. The first-order chi connectivity index (χ1) is 10.3. The van der Waals surface area contributed by atoms with Gasteiger partial charge >= 0.3 is 6.03 Å². The lowest BCUT2D eigenvalue weighted by atomic mass is 10.2. The molecule has 1 aromatic heterocycles. The third kappa shape index (κ3) is 4.09. The van der Waals surface area contributed by atoms with Crippen LogP contribution < -0.4 is 10.2 Å². The highest BCUT2D eigenvalue weighted by Crippen LogP contribution is 2.16. The van der Waals surface area contributed by atoms with Crippen molar-refractivity contribution in [2.45, 2.75) is 19.0 Å². The van der Waals surface area contributed by atoms with Crippen molar-refractivity contribution in [1.82, 2.24) is 15.2 Å². The van der Waals surface area contributed by atoms with Gasteiger partial charge in [0.05, 0.1) is 11.5 Å². The topological polar surface area (TPSA) is 82.6 Å². The molecule has 22 heavy (non-hydrogen) atoms. The number of rotatable bonds is 4. The van der Waals surface area contributed by atoms with Crippen molar-refractivity contribution in [1.29, 1.82) is 0 Å². The Kier molecular flexibility index (Phi) is 4.90. The zero-order chi connectivity index (χ0) is 16.3. The van der Waals surface area contributed by atoms with E-state index in [1.54, 1.807) is 13.2 Å². The van der Waals surface area contributed by atoms with Gasteiger partial charge in [-0.3, -0.25) is 0 Å². The van der Waals surface area contributed by atoms with Crippen LogP contribution in [-0.4, -0.2) is 63.0 Å². The summed E-state index contributed by atoms with van der Waals surface area (Å²) >= 11 is 0. The highest BCUT2D eigenvalue weighted by Gasteiger charge is 2.32. The number of sulfone groups is 1. The number of amides is 2. The lowest BCUT2D eigenvalue weighted by Gasteiger charge is -2.23. The number of anilines is 1. The Balaban J connectivity index is 1.91. The number of carbonyl (C=O) groups is 1. The molecule has 2 rings (SSSR count). The molecule has 1 aliphatic rings. The number of aromatic nitrogens is 1. The van der Waals surface area contributed by atoms with Gasteiger partial charge in [-0.25, -0.2) is 18.2 Å². The Morgan fingerprint density at radius 3 is 2.73 bits per heavy atom. The number of carbonyl (C=O) groups excluding carboxylic acids is 1. The average molecular weight is 326 g/mol. The molecule has 0 unspecified atom stereocenters. The molecule has 0 aromatic carbocycles. The van der Waals surface area contributed by atoms with Gasteiger partial charge in [0.1, 0.15) is 5.82 Å². The second kappa shape index (κ2) is 6.51. The summed E-state index contributed by atoms with van der Waals surface area (Å²) in [5, 5.41) is 2.81. The molecule has 1 N–H and O–H groups in total. The molecule has 1 fully saturated rings. The third-order valence-corrected chi connectivity index (χ3v) is 5.54. The van der Waals surface area contributed by atoms with Crippen LogP contribution in [0.3, 0.4) is 0 Å². The maximum absolute atomic E-state index is 12.1. The molecule has 2 amide bonds. The van der Waals surface area contributed by atoms with Crippen LogP contribution in [0.15, 0.2) is 18.3 Å². The van der Waals surface area contributed by atoms with Gasteiger partial charge in [0.2, 0.25) is 0 Å². The number of urea groups is 1. The van der Waals surface area contributed by atoms with Crippen LogP contribution in [0.1, 0.15) is 12.0 Å². The molecule has 0 bridgehead atoms. The van der Waals surface area contributed by atoms with Crippen LogP contribution in [0.4, 0.5) is 10.6 Å². The Morgan fingerprint density at radius 2 is 2.14 bits per heavy atom. The molecule has 2 heterocycles. The van der Waals surface area contributed by atoms with Gasteiger partial charge in [-0.1, -0.05) is 0 Å². The molecule has 0 radical (unpaired) electrons. The van der Waals surface area contributed by atoms with Crippen molar-refractivity contribution < 1.29 is 13.2 Å². The van der Waals surface area contributed by atoms with E-state index in [1.165, 1.54) is 4.90 Å². The van der Waals surface area contributed by atoms with Crippen molar-refractivity contribution in [2.24, 2.45) is 0 Å². The second-order valence-corrected chi connectivity index (χ2v) is 7.97. The first-order valence-corrected chi connectivity index (χ1v) is 8.94. The SMILES string of the molecule is CN(C)c1cc(CNC(=O)N(C)[C@@H]2CCS(=O)(=O)C2)ccn1. The Hall–Kier alpha value is -1.83. The monoisotopic (exact) mass is 326 g/mol. The fourth-order valence-electron chi connectivity index (χ4n) is 2.36. The lowest BCUT2D eigenvalue weighted by molar-refractivity contribution is 0.194. The lowest BCUT2D eigenvalue weighted by Crippen LogP contribution is -2.43. The molecule has 8 heteroatoms. The molecule has 1 atom stereocenters. The summed E-state index contributed by atoms with van der Waals surface area (Å²) < 4.78 is 23.0. The summed E-state index contributed by atoms with van der Waals surface area (Å²) in [7, 11) is 2.45. The fourth-order valence-corrected chi connectivity index (χ4v) is 4.14. The summed E-state index contributed by atoms with van der Waals surface area (Å²) in [6.45, 7) is 0.381. The van der Waals surface area contributed by atoms with Gasteiger partial charge in [-0.05, 0) is 24.1 Å². The Labute approximate surface area is 131 Å². The largest absolute Gasteiger partial charge is 0.363 e. The minimum atomic E-state index is -2.99. The van der Waals surface area contributed by atoms with Gasteiger partial charge < -0.3 is 15.1 Å². The highest BCUT2D eigenvalue weighted by molar-refractivity contribution is 7.91. The van der Waals surface area contributed by atoms with Gasteiger partial charge in [-0.2, -0.15) is 0 Å². The molecular weight excluding hydrogens is 304 g/mol. The van der Waals surface area contributed by atoms with Gasteiger partial charge in [0.15, 0.2) is 9.84 Å². The third-order valence-electron chi connectivity index (χ3n) is 3.79. The number of nitrogens with zero attached hydrogens (tertiary/aromatic N) is 3. The van der Waals surface area contributed by atoms with Crippen LogP contribution in [0.25, 0.3) is 0 Å². The van der Waals surface area contributed by atoms with E-state index in [9.17, 15) is 13.2 Å². The second-order valence-electron chi connectivity index (χ2n) is 5.74. The van der Waals surface area contributed by atoms with Crippen molar-refractivity contribution in [3.8, 4) is 0 Å².